The summed E-state index contributed by atoms with van der Waals surface area (Å²) in [6.07, 6.45) is 3.53. The van der Waals surface area contributed by atoms with Crippen LogP contribution in [0.3, 0.4) is 0 Å². The summed E-state index contributed by atoms with van der Waals surface area (Å²) in [7, 11) is 0. The number of aliphatic hydroxyl groups is 1. The van der Waals surface area contributed by atoms with Gasteiger partial charge in [0, 0.05) is 0 Å². The van der Waals surface area contributed by atoms with Crippen LogP contribution in [0.5, 0.6) is 0 Å². The van der Waals surface area contributed by atoms with Gasteiger partial charge in [-0.1, -0.05) is 24.4 Å². The minimum absolute atomic E-state index is 0.00117. The van der Waals surface area contributed by atoms with Crippen molar-refractivity contribution in [2.24, 2.45) is 0 Å². The molecule has 0 spiro atoms. The second-order valence-corrected chi connectivity index (χ2v) is 4.67. The second-order valence-electron chi connectivity index (χ2n) is 4.28. The van der Waals surface area contributed by atoms with E-state index in [0.29, 0.717) is 11.4 Å². The fraction of sp³-hybridized carbons (Fsp3) is 0.500. The molecule has 4 nitrogen and oxygen atoms in total. The molecule has 2 unspecified atom stereocenters. The minimum Gasteiger partial charge on any atom is -0.391 e. The van der Waals surface area contributed by atoms with Gasteiger partial charge in [0.2, 0.25) is 0 Å². The summed E-state index contributed by atoms with van der Waals surface area (Å²) >= 11 is 5.82. The predicted octanol–water partition coefficient (Wildman–Crippen LogP) is 2.32. The maximum absolute atomic E-state index is 9.84. The Morgan fingerprint density at radius 3 is 2.88 bits per heavy atom. The molecule has 2 N–H and O–H groups in total. The first-order chi connectivity index (χ1) is 8.19. The zero-order valence-corrected chi connectivity index (χ0v) is 10.1. The third-order valence-electron chi connectivity index (χ3n) is 2.99. The molecular formula is C12H14ClN3O. The van der Waals surface area contributed by atoms with Crippen molar-refractivity contribution in [1.82, 2.24) is 4.98 Å². The molecule has 1 saturated carbocycles. The van der Waals surface area contributed by atoms with Crippen LogP contribution in [0.4, 0.5) is 5.82 Å². The summed E-state index contributed by atoms with van der Waals surface area (Å²) in [5, 5.41) is 22.1. The highest BCUT2D eigenvalue weighted by atomic mass is 35.5. The van der Waals surface area contributed by atoms with Crippen molar-refractivity contribution >= 4 is 17.4 Å². The quantitative estimate of drug-likeness (QED) is 0.792. The van der Waals surface area contributed by atoms with Crippen LogP contribution in [0.15, 0.2) is 12.1 Å². The summed E-state index contributed by atoms with van der Waals surface area (Å²) in [4.78, 5) is 4.10. The van der Waals surface area contributed by atoms with Gasteiger partial charge in [-0.05, 0) is 25.0 Å². The maximum atomic E-state index is 9.84. The molecule has 1 aromatic heterocycles. The largest absolute Gasteiger partial charge is 0.391 e. The molecule has 0 bridgehead atoms. The van der Waals surface area contributed by atoms with E-state index >= 15 is 0 Å². The first-order valence-corrected chi connectivity index (χ1v) is 6.09. The lowest BCUT2D eigenvalue weighted by Crippen LogP contribution is -2.36. The van der Waals surface area contributed by atoms with Crippen LogP contribution in [-0.4, -0.2) is 22.2 Å². The number of hydrogen-bond donors (Lipinski definition) is 2. The number of aromatic nitrogens is 1. The summed E-state index contributed by atoms with van der Waals surface area (Å²) in [6.45, 7) is 0. The van der Waals surface area contributed by atoms with Crippen molar-refractivity contribution in [3.05, 3.63) is 22.8 Å². The summed E-state index contributed by atoms with van der Waals surface area (Å²) in [5.74, 6) is 0.556. The Labute approximate surface area is 105 Å². The summed E-state index contributed by atoms with van der Waals surface area (Å²) < 4.78 is 0. The van der Waals surface area contributed by atoms with Gasteiger partial charge in [0.15, 0.2) is 0 Å². The van der Waals surface area contributed by atoms with E-state index in [-0.39, 0.29) is 17.3 Å². The molecule has 1 aliphatic rings. The van der Waals surface area contributed by atoms with Crippen molar-refractivity contribution in [2.45, 2.75) is 37.8 Å². The molecule has 1 heterocycles. The highest BCUT2D eigenvalue weighted by molar-refractivity contribution is 6.29. The van der Waals surface area contributed by atoms with Gasteiger partial charge in [-0.2, -0.15) is 5.26 Å². The molecule has 0 amide bonds. The van der Waals surface area contributed by atoms with Gasteiger partial charge >= 0.3 is 0 Å². The van der Waals surface area contributed by atoms with Crippen molar-refractivity contribution < 1.29 is 5.11 Å². The number of hydrogen-bond acceptors (Lipinski definition) is 4. The highest BCUT2D eigenvalue weighted by Gasteiger charge is 2.23. The SMILES string of the molecule is N#Cc1cc(Cl)nc(NC2CCCCC2O)c1. The van der Waals surface area contributed by atoms with Gasteiger partial charge in [0.1, 0.15) is 11.0 Å². The van der Waals surface area contributed by atoms with E-state index in [1.807, 2.05) is 6.07 Å². The van der Waals surface area contributed by atoms with E-state index in [1.165, 1.54) is 6.07 Å². The number of halogens is 1. The van der Waals surface area contributed by atoms with Crippen LogP contribution < -0.4 is 5.32 Å². The van der Waals surface area contributed by atoms with E-state index in [2.05, 4.69) is 10.3 Å². The number of aliphatic hydroxyl groups excluding tert-OH is 1. The smallest absolute Gasteiger partial charge is 0.132 e. The molecule has 5 heteroatoms. The normalized spacial score (nSPS) is 24.1. The second kappa shape index (κ2) is 5.35. The molecular weight excluding hydrogens is 238 g/mol. The van der Waals surface area contributed by atoms with Crippen LogP contribution in [0.2, 0.25) is 5.15 Å². The molecule has 0 saturated heterocycles. The van der Waals surface area contributed by atoms with Gasteiger partial charge in [-0.3, -0.25) is 0 Å². The van der Waals surface area contributed by atoms with Crippen LogP contribution >= 0.6 is 11.6 Å². The molecule has 1 aromatic rings. The van der Waals surface area contributed by atoms with Gasteiger partial charge in [0.25, 0.3) is 0 Å². The zero-order valence-electron chi connectivity index (χ0n) is 9.36. The molecule has 2 atom stereocenters. The zero-order chi connectivity index (χ0) is 12.3. The maximum Gasteiger partial charge on any atom is 0.132 e. The topological polar surface area (TPSA) is 68.9 Å². The fourth-order valence-electron chi connectivity index (χ4n) is 2.10. The Balaban J connectivity index is 2.12. The van der Waals surface area contributed by atoms with Crippen LogP contribution in [-0.2, 0) is 0 Å². The first-order valence-electron chi connectivity index (χ1n) is 5.71. The van der Waals surface area contributed by atoms with Gasteiger partial charge in [-0.25, -0.2) is 4.98 Å². The lowest BCUT2D eigenvalue weighted by atomic mass is 9.92. The molecule has 0 aromatic carbocycles. The minimum atomic E-state index is -0.352. The number of nitrogens with one attached hydrogen (secondary N) is 1. The third-order valence-corrected chi connectivity index (χ3v) is 3.18. The van der Waals surface area contributed by atoms with Gasteiger partial charge < -0.3 is 10.4 Å². The average Bonchev–Trinajstić information content (AvgIpc) is 2.31. The molecule has 90 valence electrons. The first kappa shape index (κ1) is 12.2. The molecule has 0 radical (unpaired) electrons. The van der Waals surface area contributed by atoms with Crippen molar-refractivity contribution in [3.8, 4) is 6.07 Å². The number of nitriles is 1. The summed E-state index contributed by atoms with van der Waals surface area (Å²) in [5.41, 5.74) is 0.470. The Hall–Kier alpha value is -1.31. The Morgan fingerprint density at radius 2 is 2.18 bits per heavy atom. The molecule has 0 aliphatic heterocycles. The number of anilines is 1. The van der Waals surface area contributed by atoms with Gasteiger partial charge in [-0.15, -0.1) is 0 Å². The monoisotopic (exact) mass is 251 g/mol. The standard InChI is InChI=1S/C12H14ClN3O/c13-11-5-8(7-14)6-12(16-11)15-9-3-1-2-4-10(9)17/h5-6,9-10,17H,1-4H2,(H,15,16). The van der Waals surface area contributed by atoms with Gasteiger partial charge in [0.05, 0.1) is 23.8 Å². The average molecular weight is 252 g/mol. The van der Waals surface area contributed by atoms with Crippen molar-refractivity contribution in [3.63, 3.8) is 0 Å². The van der Waals surface area contributed by atoms with E-state index < -0.39 is 0 Å². The number of pyridine rings is 1. The van der Waals surface area contributed by atoms with Crippen LogP contribution in [0, 0.1) is 11.3 Å². The highest BCUT2D eigenvalue weighted by Crippen LogP contribution is 2.22. The third kappa shape index (κ3) is 3.09. The van der Waals surface area contributed by atoms with Crippen LogP contribution in [0.25, 0.3) is 0 Å². The number of rotatable bonds is 2. The lowest BCUT2D eigenvalue weighted by molar-refractivity contribution is 0.116. The van der Waals surface area contributed by atoms with Crippen molar-refractivity contribution in [2.75, 3.05) is 5.32 Å². The van der Waals surface area contributed by atoms with E-state index in [4.69, 9.17) is 16.9 Å². The lowest BCUT2D eigenvalue weighted by Gasteiger charge is -2.28. The van der Waals surface area contributed by atoms with E-state index in [0.717, 1.165) is 25.7 Å². The number of nitrogens with zero attached hydrogens (tertiary/aromatic N) is 2. The molecule has 2 rings (SSSR count). The van der Waals surface area contributed by atoms with E-state index in [1.54, 1.807) is 6.07 Å². The Bertz CT molecular complexity index is 444. The van der Waals surface area contributed by atoms with Crippen LogP contribution in [0.1, 0.15) is 31.2 Å². The fourth-order valence-corrected chi connectivity index (χ4v) is 2.31. The van der Waals surface area contributed by atoms with E-state index in [9.17, 15) is 5.11 Å². The molecule has 1 fully saturated rings. The van der Waals surface area contributed by atoms with Crippen molar-refractivity contribution in [1.29, 1.82) is 5.26 Å². The Kier molecular flexibility index (Phi) is 3.82. The summed E-state index contributed by atoms with van der Waals surface area (Å²) in [6, 6.07) is 5.19. The predicted molar refractivity (Wildman–Crippen MR) is 65.8 cm³/mol. The Morgan fingerprint density at radius 1 is 1.41 bits per heavy atom. The molecule has 17 heavy (non-hydrogen) atoms. The molecule has 1 aliphatic carbocycles.